The van der Waals surface area contributed by atoms with Crippen molar-refractivity contribution in [2.24, 2.45) is 0 Å². The van der Waals surface area contributed by atoms with Gasteiger partial charge >= 0.3 is 0 Å². The molecule has 0 bridgehead atoms. The van der Waals surface area contributed by atoms with Crippen molar-refractivity contribution in [1.82, 2.24) is 0 Å². The first kappa shape index (κ1) is 28.6. The van der Waals surface area contributed by atoms with Crippen molar-refractivity contribution in [3.8, 4) is 11.5 Å². The number of allylic oxidation sites excluding steroid dienone is 2. The van der Waals surface area contributed by atoms with Gasteiger partial charge in [-0.25, -0.2) is 0 Å². The van der Waals surface area contributed by atoms with E-state index in [0.29, 0.717) is 12.4 Å². The van der Waals surface area contributed by atoms with Gasteiger partial charge in [-0.2, -0.15) is 0 Å². The first-order chi connectivity index (χ1) is 16.8. The number of rotatable bonds is 12. The van der Waals surface area contributed by atoms with Crippen molar-refractivity contribution in [3.05, 3.63) is 71.8 Å². The Balaban J connectivity index is 0.000000250. The number of hydrogen-bond acceptors (Lipinski definition) is 3. The Kier molecular flexibility index (Phi) is 12.0. The SMILES string of the molecule is C=CCc1cccc(O)c1CCCCCCCCC.CCOc1ccc2c(c1)C(C)=CC(C)(C)N2. The van der Waals surface area contributed by atoms with Gasteiger partial charge in [0.2, 0.25) is 0 Å². The highest BCUT2D eigenvalue weighted by molar-refractivity contribution is 5.80. The quantitative estimate of drug-likeness (QED) is 0.236. The van der Waals surface area contributed by atoms with E-state index in [1.54, 1.807) is 6.07 Å². The zero-order chi connectivity index (χ0) is 25.7. The summed E-state index contributed by atoms with van der Waals surface area (Å²) < 4.78 is 5.52. The molecule has 0 amide bonds. The molecule has 0 aliphatic carbocycles. The molecule has 0 saturated carbocycles. The second kappa shape index (κ2) is 14.7. The molecule has 0 unspecified atom stereocenters. The van der Waals surface area contributed by atoms with Crippen LogP contribution in [0, 0.1) is 0 Å². The minimum Gasteiger partial charge on any atom is -0.508 e. The van der Waals surface area contributed by atoms with Gasteiger partial charge in [0.15, 0.2) is 0 Å². The van der Waals surface area contributed by atoms with Crippen LogP contribution >= 0.6 is 0 Å². The summed E-state index contributed by atoms with van der Waals surface area (Å²) in [6.07, 6.45) is 15.2. The molecule has 35 heavy (non-hydrogen) atoms. The Morgan fingerprint density at radius 2 is 1.71 bits per heavy atom. The van der Waals surface area contributed by atoms with Crippen molar-refractivity contribution in [2.75, 3.05) is 11.9 Å². The summed E-state index contributed by atoms with van der Waals surface area (Å²) >= 11 is 0. The maximum atomic E-state index is 9.96. The monoisotopic (exact) mass is 477 g/mol. The molecule has 0 atom stereocenters. The summed E-state index contributed by atoms with van der Waals surface area (Å²) in [7, 11) is 0. The lowest BCUT2D eigenvalue weighted by atomic mass is 9.91. The summed E-state index contributed by atoms with van der Waals surface area (Å²) in [6, 6.07) is 12.0. The van der Waals surface area contributed by atoms with Gasteiger partial charge in [0.25, 0.3) is 0 Å². The fourth-order valence-corrected chi connectivity index (χ4v) is 4.73. The zero-order valence-corrected chi connectivity index (χ0v) is 22.8. The third-order valence-electron chi connectivity index (χ3n) is 6.40. The molecule has 0 saturated heterocycles. The van der Waals surface area contributed by atoms with Gasteiger partial charge in [-0.15, -0.1) is 6.58 Å². The standard InChI is InChI=1S/C18H28O.C14H19NO/c1-3-5-6-7-8-9-10-14-17-16(12-4-2)13-11-15-18(17)19;1-5-16-11-6-7-13-12(8-11)10(2)9-14(3,4)15-13/h4,11,13,15,19H,2-3,5-10,12,14H2,1H3;6-9,15H,5H2,1-4H3. The van der Waals surface area contributed by atoms with Gasteiger partial charge in [-0.05, 0) is 87.9 Å². The number of hydrogen-bond donors (Lipinski definition) is 2. The maximum absolute atomic E-state index is 9.96. The first-order valence-electron chi connectivity index (χ1n) is 13.5. The molecule has 2 N–H and O–H groups in total. The Labute approximate surface area is 214 Å². The highest BCUT2D eigenvalue weighted by Gasteiger charge is 2.22. The molecular formula is C32H47NO2. The third kappa shape index (κ3) is 9.47. The van der Waals surface area contributed by atoms with Crippen LogP contribution in [0.3, 0.4) is 0 Å². The van der Waals surface area contributed by atoms with Crippen molar-refractivity contribution >= 4 is 11.3 Å². The number of aromatic hydroxyl groups is 1. The Morgan fingerprint density at radius 1 is 1.00 bits per heavy atom. The van der Waals surface area contributed by atoms with E-state index in [4.69, 9.17) is 4.74 Å². The normalized spacial score (nSPS) is 13.6. The number of phenols is 1. The van der Waals surface area contributed by atoms with Gasteiger partial charge < -0.3 is 15.2 Å². The minimum absolute atomic E-state index is 0.0320. The fourth-order valence-electron chi connectivity index (χ4n) is 4.73. The summed E-state index contributed by atoms with van der Waals surface area (Å²) in [5.74, 6) is 1.39. The van der Waals surface area contributed by atoms with E-state index >= 15 is 0 Å². The largest absolute Gasteiger partial charge is 0.508 e. The molecule has 1 aliphatic heterocycles. The number of unbranched alkanes of at least 4 members (excludes halogenated alkanes) is 6. The third-order valence-corrected chi connectivity index (χ3v) is 6.40. The van der Waals surface area contributed by atoms with Crippen LogP contribution in [0.5, 0.6) is 11.5 Å². The number of benzene rings is 2. The topological polar surface area (TPSA) is 41.5 Å². The van der Waals surface area contributed by atoms with Gasteiger partial charge in [0.1, 0.15) is 11.5 Å². The van der Waals surface area contributed by atoms with E-state index in [1.807, 2.05) is 25.1 Å². The maximum Gasteiger partial charge on any atom is 0.120 e. The summed E-state index contributed by atoms with van der Waals surface area (Å²) in [5, 5.41) is 13.5. The molecule has 0 aromatic heterocycles. The highest BCUT2D eigenvalue weighted by Crippen LogP contribution is 2.35. The molecule has 2 aromatic carbocycles. The van der Waals surface area contributed by atoms with Crippen LogP contribution in [-0.4, -0.2) is 17.3 Å². The molecule has 192 valence electrons. The molecule has 1 aliphatic rings. The highest BCUT2D eigenvalue weighted by atomic mass is 16.5. The van der Waals surface area contributed by atoms with Crippen molar-refractivity contribution in [1.29, 1.82) is 0 Å². The van der Waals surface area contributed by atoms with E-state index < -0.39 is 0 Å². The first-order valence-corrected chi connectivity index (χ1v) is 13.5. The van der Waals surface area contributed by atoms with E-state index in [0.717, 1.165) is 24.2 Å². The lowest BCUT2D eigenvalue weighted by Crippen LogP contribution is -2.31. The van der Waals surface area contributed by atoms with Crippen LogP contribution in [0.4, 0.5) is 5.69 Å². The second-order valence-corrected chi connectivity index (χ2v) is 10.1. The van der Waals surface area contributed by atoms with Crippen molar-refractivity contribution in [2.45, 2.75) is 97.9 Å². The van der Waals surface area contributed by atoms with E-state index in [2.05, 4.69) is 63.9 Å². The molecule has 2 aromatic rings. The average molecular weight is 478 g/mol. The van der Waals surface area contributed by atoms with E-state index in [1.165, 1.54) is 67.3 Å². The molecule has 3 nitrogen and oxygen atoms in total. The molecule has 0 spiro atoms. The van der Waals surface area contributed by atoms with Gasteiger partial charge in [-0.1, -0.05) is 69.7 Å². The van der Waals surface area contributed by atoms with Crippen LogP contribution in [0.2, 0.25) is 0 Å². The number of fused-ring (bicyclic) bond motifs is 1. The number of ether oxygens (including phenoxy) is 1. The smallest absolute Gasteiger partial charge is 0.120 e. The predicted octanol–water partition coefficient (Wildman–Crippen LogP) is 9.11. The lowest BCUT2D eigenvalue weighted by molar-refractivity contribution is 0.340. The van der Waals surface area contributed by atoms with Gasteiger partial charge in [0.05, 0.1) is 12.1 Å². The Hall–Kier alpha value is -2.68. The van der Waals surface area contributed by atoms with Crippen LogP contribution in [0.1, 0.15) is 96.3 Å². The molecular weight excluding hydrogens is 430 g/mol. The average Bonchev–Trinajstić information content (AvgIpc) is 2.81. The molecule has 0 fully saturated rings. The van der Waals surface area contributed by atoms with Crippen molar-refractivity contribution in [3.63, 3.8) is 0 Å². The van der Waals surface area contributed by atoms with Gasteiger partial charge in [-0.3, -0.25) is 0 Å². The Morgan fingerprint density at radius 3 is 2.40 bits per heavy atom. The molecule has 3 rings (SSSR count). The Bertz CT molecular complexity index is 958. The molecule has 0 radical (unpaired) electrons. The summed E-state index contributed by atoms with van der Waals surface area (Å²) in [5.41, 5.74) is 6.11. The zero-order valence-electron chi connectivity index (χ0n) is 22.8. The number of anilines is 1. The van der Waals surface area contributed by atoms with Crippen LogP contribution < -0.4 is 10.1 Å². The molecule has 1 heterocycles. The number of phenolic OH excluding ortho intramolecular Hbond substituents is 1. The van der Waals surface area contributed by atoms with Crippen LogP contribution in [-0.2, 0) is 12.8 Å². The predicted molar refractivity (Wildman–Crippen MR) is 153 cm³/mol. The molecule has 3 heteroatoms. The lowest BCUT2D eigenvalue weighted by Gasteiger charge is -2.31. The van der Waals surface area contributed by atoms with E-state index in [9.17, 15) is 5.11 Å². The van der Waals surface area contributed by atoms with Crippen LogP contribution in [0.15, 0.2) is 55.1 Å². The number of nitrogens with one attached hydrogen (secondary N) is 1. The van der Waals surface area contributed by atoms with Gasteiger partial charge in [0, 0.05) is 11.3 Å². The van der Waals surface area contributed by atoms with Crippen molar-refractivity contribution < 1.29 is 9.84 Å². The second-order valence-electron chi connectivity index (χ2n) is 10.1. The summed E-state index contributed by atoms with van der Waals surface area (Å²) in [6.45, 7) is 15.2. The minimum atomic E-state index is 0.0320. The fraction of sp³-hybridized carbons (Fsp3) is 0.500. The van der Waals surface area contributed by atoms with Crippen LogP contribution in [0.25, 0.3) is 5.57 Å². The van der Waals surface area contributed by atoms with E-state index in [-0.39, 0.29) is 5.54 Å². The summed E-state index contributed by atoms with van der Waals surface area (Å²) in [4.78, 5) is 0.